The summed E-state index contributed by atoms with van der Waals surface area (Å²) in [6, 6.07) is 0.100. The molecule has 1 rings (SSSR count). The Hall–Kier alpha value is -0.340. The van der Waals surface area contributed by atoms with Gasteiger partial charge in [-0.15, -0.1) is 0 Å². The molecule has 13 heavy (non-hydrogen) atoms. The zero-order chi connectivity index (χ0) is 9.68. The molecular formula is C11H21NO. The van der Waals surface area contributed by atoms with E-state index in [-0.39, 0.29) is 12.1 Å². The van der Waals surface area contributed by atoms with Crippen LogP contribution in [0, 0.1) is 0 Å². The first-order chi connectivity index (χ1) is 6.25. The highest BCUT2D eigenvalue weighted by Gasteiger charge is 2.17. The molecule has 1 aliphatic rings. The van der Waals surface area contributed by atoms with Crippen molar-refractivity contribution >= 4 is 0 Å². The van der Waals surface area contributed by atoms with E-state index in [2.05, 4.69) is 6.08 Å². The van der Waals surface area contributed by atoms with Gasteiger partial charge in [-0.2, -0.15) is 0 Å². The van der Waals surface area contributed by atoms with Crippen molar-refractivity contribution in [2.24, 2.45) is 5.73 Å². The molecule has 76 valence electrons. The van der Waals surface area contributed by atoms with Crippen LogP contribution in [0.4, 0.5) is 0 Å². The van der Waals surface area contributed by atoms with Crippen LogP contribution in [0.15, 0.2) is 11.6 Å². The van der Waals surface area contributed by atoms with Crippen LogP contribution in [0.2, 0.25) is 0 Å². The van der Waals surface area contributed by atoms with Gasteiger partial charge in [-0.25, -0.2) is 0 Å². The summed E-state index contributed by atoms with van der Waals surface area (Å²) in [5.41, 5.74) is 7.47. The largest absolute Gasteiger partial charge is 0.380 e. The molecule has 2 atom stereocenters. The molecule has 1 aliphatic carbocycles. The van der Waals surface area contributed by atoms with Crippen LogP contribution in [-0.2, 0) is 4.74 Å². The number of nitrogens with two attached hydrogens (primary N) is 1. The summed E-state index contributed by atoms with van der Waals surface area (Å²) in [6.45, 7) is 2.04. The Morgan fingerprint density at radius 1 is 1.38 bits per heavy atom. The van der Waals surface area contributed by atoms with Crippen LogP contribution in [0.25, 0.3) is 0 Å². The maximum absolute atomic E-state index is 6.08. The van der Waals surface area contributed by atoms with E-state index in [0.717, 1.165) is 6.42 Å². The molecule has 0 radical (unpaired) electrons. The predicted octanol–water partition coefficient (Wildman–Crippen LogP) is 2.24. The number of allylic oxidation sites excluding steroid dienone is 1. The summed E-state index contributed by atoms with van der Waals surface area (Å²) in [4.78, 5) is 0. The molecule has 2 N–H and O–H groups in total. The predicted molar refractivity (Wildman–Crippen MR) is 55.6 cm³/mol. The smallest absolute Gasteiger partial charge is 0.0732 e. The van der Waals surface area contributed by atoms with Gasteiger partial charge in [-0.1, -0.05) is 18.1 Å². The lowest BCUT2D eigenvalue weighted by molar-refractivity contribution is 0.104. The Labute approximate surface area is 81.1 Å². The zero-order valence-corrected chi connectivity index (χ0v) is 8.75. The van der Waals surface area contributed by atoms with E-state index >= 15 is 0 Å². The number of hydrogen-bond acceptors (Lipinski definition) is 2. The third-order valence-corrected chi connectivity index (χ3v) is 2.88. The molecule has 2 heteroatoms. The van der Waals surface area contributed by atoms with Crippen molar-refractivity contribution in [2.75, 3.05) is 7.11 Å². The number of hydrogen-bond donors (Lipinski definition) is 1. The van der Waals surface area contributed by atoms with Gasteiger partial charge in [0, 0.05) is 7.11 Å². The molecule has 0 heterocycles. The van der Waals surface area contributed by atoms with Crippen LogP contribution in [0.5, 0.6) is 0 Å². The summed E-state index contributed by atoms with van der Waals surface area (Å²) in [7, 11) is 1.72. The molecule has 0 saturated carbocycles. The quantitative estimate of drug-likeness (QED) is 0.681. The van der Waals surface area contributed by atoms with Crippen molar-refractivity contribution in [3.63, 3.8) is 0 Å². The molecule has 0 aromatic carbocycles. The molecule has 0 amide bonds. The van der Waals surface area contributed by atoms with Gasteiger partial charge in [0.2, 0.25) is 0 Å². The number of methoxy groups -OCH3 is 1. The van der Waals surface area contributed by atoms with E-state index in [1.54, 1.807) is 7.11 Å². The SMILES string of the molecule is COC(C)C(N)C1=CCCCCC1. The minimum Gasteiger partial charge on any atom is -0.380 e. The molecular weight excluding hydrogens is 162 g/mol. The van der Waals surface area contributed by atoms with Gasteiger partial charge in [-0.05, 0) is 32.6 Å². The van der Waals surface area contributed by atoms with Crippen LogP contribution >= 0.6 is 0 Å². The summed E-state index contributed by atoms with van der Waals surface area (Å²) >= 11 is 0. The molecule has 0 aromatic rings. The zero-order valence-electron chi connectivity index (χ0n) is 8.75. The van der Waals surface area contributed by atoms with E-state index in [9.17, 15) is 0 Å². The second-order valence-electron chi connectivity index (χ2n) is 3.84. The molecule has 0 saturated heterocycles. The van der Waals surface area contributed by atoms with Crippen molar-refractivity contribution in [1.82, 2.24) is 0 Å². The fourth-order valence-electron chi connectivity index (χ4n) is 1.79. The Bertz CT molecular complexity index is 177. The first kappa shape index (κ1) is 10.7. The highest BCUT2D eigenvalue weighted by molar-refractivity contribution is 5.13. The lowest BCUT2D eigenvalue weighted by Gasteiger charge is -2.21. The lowest BCUT2D eigenvalue weighted by atomic mass is 9.99. The van der Waals surface area contributed by atoms with Crippen LogP contribution in [0.3, 0.4) is 0 Å². The van der Waals surface area contributed by atoms with Gasteiger partial charge in [-0.3, -0.25) is 0 Å². The fourth-order valence-corrected chi connectivity index (χ4v) is 1.79. The average Bonchev–Trinajstić information content (AvgIpc) is 2.43. The van der Waals surface area contributed by atoms with E-state index < -0.39 is 0 Å². The lowest BCUT2D eigenvalue weighted by Crippen LogP contribution is -2.35. The number of ether oxygens (including phenoxy) is 1. The van der Waals surface area contributed by atoms with Gasteiger partial charge in [0.15, 0.2) is 0 Å². The van der Waals surface area contributed by atoms with Gasteiger partial charge >= 0.3 is 0 Å². The van der Waals surface area contributed by atoms with Crippen molar-refractivity contribution in [2.45, 2.75) is 51.2 Å². The molecule has 2 nitrogen and oxygen atoms in total. The maximum Gasteiger partial charge on any atom is 0.0732 e. The van der Waals surface area contributed by atoms with Crippen molar-refractivity contribution in [1.29, 1.82) is 0 Å². The molecule has 0 fully saturated rings. The third kappa shape index (κ3) is 3.12. The minimum atomic E-state index is 0.100. The molecule has 2 unspecified atom stereocenters. The Morgan fingerprint density at radius 3 is 2.85 bits per heavy atom. The van der Waals surface area contributed by atoms with Crippen LogP contribution in [0.1, 0.15) is 39.0 Å². The second kappa shape index (κ2) is 5.40. The van der Waals surface area contributed by atoms with E-state index in [0.29, 0.717) is 0 Å². The average molecular weight is 183 g/mol. The highest BCUT2D eigenvalue weighted by Crippen LogP contribution is 2.20. The topological polar surface area (TPSA) is 35.2 Å². The van der Waals surface area contributed by atoms with Gasteiger partial charge in [0.1, 0.15) is 0 Å². The first-order valence-electron chi connectivity index (χ1n) is 5.23. The first-order valence-corrected chi connectivity index (χ1v) is 5.23. The van der Waals surface area contributed by atoms with E-state index in [1.807, 2.05) is 6.92 Å². The van der Waals surface area contributed by atoms with Gasteiger partial charge in [0.25, 0.3) is 0 Å². The van der Waals surface area contributed by atoms with Crippen molar-refractivity contribution in [3.05, 3.63) is 11.6 Å². The second-order valence-corrected chi connectivity index (χ2v) is 3.84. The van der Waals surface area contributed by atoms with Crippen LogP contribution in [-0.4, -0.2) is 19.3 Å². The van der Waals surface area contributed by atoms with E-state index in [4.69, 9.17) is 10.5 Å². The summed E-state index contributed by atoms with van der Waals surface area (Å²) in [6.07, 6.45) is 8.76. The number of rotatable bonds is 3. The Balaban J connectivity index is 2.52. The molecule has 0 aromatic heterocycles. The molecule has 0 spiro atoms. The fraction of sp³-hybridized carbons (Fsp3) is 0.818. The third-order valence-electron chi connectivity index (χ3n) is 2.88. The maximum atomic E-state index is 6.08. The van der Waals surface area contributed by atoms with Crippen molar-refractivity contribution < 1.29 is 4.74 Å². The Kier molecular flexibility index (Phi) is 4.46. The van der Waals surface area contributed by atoms with Crippen LogP contribution < -0.4 is 5.73 Å². The van der Waals surface area contributed by atoms with Gasteiger partial charge < -0.3 is 10.5 Å². The summed E-state index contributed by atoms with van der Waals surface area (Å²) < 4.78 is 5.24. The summed E-state index contributed by atoms with van der Waals surface area (Å²) in [5, 5.41) is 0. The monoisotopic (exact) mass is 183 g/mol. The normalized spacial score (nSPS) is 23.2. The molecule has 0 aliphatic heterocycles. The molecule has 0 bridgehead atoms. The standard InChI is InChI=1S/C11H21NO/c1-9(13-2)11(12)10-7-5-3-4-6-8-10/h7,9,11H,3-6,8,12H2,1-2H3. The minimum absolute atomic E-state index is 0.100. The van der Waals surface area contributed by atoms with Gasteiger partial charge in [0.05, 0.1) is 12.1 Å². The Morgan fingerprint density at radius 2 is 2.15 bits per heavy atom. The van der Waals surface area contributed by atoms with Crippen molar-refractivity contribution in [3.8, 4) is 0 Å². The van der Waals surface area contributed by atoms with E-state index in [1.165, 1.54) is 31.3 Å². The summed E-state index contributed by atoms with van der Waals surface area (Å²) in [5.74, 6) is 0. The highest BCUT2D eigenvalue weighted by atomic mass is 16.5.